The van der Waals surface area contributed by atoms with Crippen LogP contribution in [0.25, 0.3) is 0 Å². The SMILES string of the molecule is CN=C(NCCc1c(F)cccc1F)NCC1(CCOC)CCC1.I. The van der Waals surface area contributed by atoms with E-state index in [2.05, 4.69) is 15.6 Å². The molecule has 0 aromatic heterocycles. The maximum Gasteiger partial charge on any atom is 0.191 e. The van der Waals surface area contributed by atoms with Gasteiger partial charge in [-0.1, -0.05) is 12.5 Å². The molecule has 4 nitrogen and oxygen atoms in total. The Kier molecular flexibility index (Phi) is 9.63. The lowest BCUT2D eigenvalue weighted by atomic mass is 9.67. The smallest absolute Gasteiger partial charge is 0.191 e. The van der Waals surface area contributed by atoms with Gasteiger partial charge in [0.1, 0.15) is 11.6 Å². The molecule has 1 fully saturated rings. The number of nitrogens with zero attached hydrogens (tertiary/aromatic N) is 1. The van der Waals surface area contributed by atoms with E-state index < -0.39 is 11.6 Å². The van der Waals surface area contributed by atoms with Gasteiger partial charge >= 0.3 is 0 Å². The molecule has 0 unspecified atom stereocenters. The van der Waals surface area contributed by atoms with E-state index in [1.165, 1.54) is 37.5 Å². The van der Waals surface area contributed by atoms with Crippen LogP contribution in [0.15, 0.2) is 23.2 Å². The summed E-state index contributed by atoms with van der Waals surface area (Å²) in [7, 11) is 3.42. The standard InChI is InChI=1S/C18H27F2N3O.HI/c1-21-17(23-13-18(8-4-9-18)10-12-24-2)22-11-7-14-15(19)5-3-6-16(14)20;/h3,5-6H,4,7-13H2,1-2H3,(H2,21,22,23);1H. The van der Waals surface area contributed by atoms with E-state index in [0.29, 0.717) is 12.5 Å². The van der Waals surface area contributed by atoms with Gasteiger partial charge in [-0.3, -0.25) is 4.99 Å². The first-order valence-electron chi connectivity index (χ1n) is 8.46. The first-order chi connectivity index (χ1) is 11.6. The van der Waals surface area contributed by atoms with Crippen molar-refractivity contribution in [3.8, 4) is 0 Å². The van der Waals surface area contributed by atoms with Crippen LogP contribution in [-0.4, -0.2) is 39.8 Å². The first kappa shape index (κ1) is 22.1. The summed E-state index contributed by atoms with van der Waals surface area (Å²) >= 11 is 0. The van der Waals surface area contributed by atoms with Gasteiger partial charge < -0.3 is 15.4 Å². The predicted molar refractivity (Wildman–Crippen MR) is 108 cm³/mol. The van der Waals surface area contributed by atoms with Crippen molar-refractivity contribution < 1.29 is 13.5 Å². The first-order valence-corrected chi connectivity index (χ1v) is 8.46. The van der Waals surface area contributed by atoms with Crippen molar-refractivity contribution in [2.24, 2.45) is 10.4 Å². The fourth-order valence-corrected chi connectivity index (χ4v) is 3.08. The van der Waals surface area contributed by atoms with E-state index in [4.69, 9.17) is 4.74 Å². The fraction of sp³-hybridized carbons (Fsp3) is 0.611. The maximum absolute atomic E-state index is 13.6. The highest BCUT2D eigenvalue weighted by Gasteiger charge is 2.36. The van der Waals surface area contributed by atoms with Gasteiger partial charge in [0.05, 0.1) is 0 Å². The normalized spacial score (nSPS) is 15.9. The lowest BCUT2D eigenvalue weighted by Crippen LogP contribution is -2.47. The Morgan fingerprint density at radius 2 is 1.92 bits per heavy atom. The summed E-state index contributed by atoms with van der Waals surface area (Å²) in [5, 5.41) is 6.46. The van der Waals surface area contributed by atoms with Crippen molar-refractivity contribution in [1.82, 2.24) is 10.6 Å². The third kappa shape index (κ3) is 6.36. The highest BCUT2D eigenvalue weighted by atomic mass is 127. The highest BCUT2D eigenvalue weighted by molar-refractivity contribution is 14.0. The van der Waals surface area contributed by atoms with Crippen LogP contribution in [-0.2, 0) is 11.2 Å². The number of ether oxygens (including phenoxy) is 1. The van der Waals surface area contributed by atoms with Crippen LogP contribution < -0.4 is 10.6 Å². The molecule has 1 saturated carbocycles. The van der Waals surface area contributed by atoms with E-state index >= 15 is 0 Å². The van der Waals surface area contributed by atoms with Gasteiger partial charge in [0, 0.05) is 39.4 Å². The van der Waals surface area contributed by atoms with Crippen LogP contribution in [0.3, 0.4) is 0 Å². The summed E-state index contributed by atoms with van der Waals surface area (Å²) in [5.74, 6) is -0.351. The van der Waals surface area contributed by atoms with Crippen LogP contribution in [0.5, 0.6) is 0 Å². The summed E-state index contributed by atoms with van der Waals surface area (Å²) in [4.78, 5) is 4.18. The fourth-order valence-electron chi connectivity index (χ4n) is 3.08. The molecule has 1 aliphatic carbocycles. The average Bonchev–Trinajstić information content (AvgIpc) is 2.54. The maximum atomic E-state index is 13.6. The zero-order valence-electron chi connectivity index (χ0n) is 14.9. The largest absolute Gasteiger partial charge is 0.385 e. The Morgan fingerprint density at radius 3 is 2.44 bits per heavy atom. The van der Waals surface area contributed by atoms with Crippen molar-refractivity contribution in [2.45, 2.75) is 32.1 Å². The molecule has 1 aromatic carbocycles. The number of hydrogen-bond acceptors (Lipinski definition) is 2. The molecule has 0 bridgehead atoms. The van der Waals surface area contributed by atoms with Crippen molar-refractivity contribution in [2.75, 3.05) is 33.9 Å². The Morgan fingerprint density at radius 1 is 1.24 bits per heavy atom. The van der Waals surface area contributed by atoms with E-state index in [1.807, 2.05) is 0 Å². The molecular weight excluding hydrogens is 439 g/mol. The monoisotopic (exact) mass is 467 g/mol. The zero-order chi connectivity index (χ0) is 17.4. The van der Waals surface area contributed by atoms with E-state index in [0.717, 1.165) is 19.6 Å². The summed E-state index contributed by atoms with van der Waals surface area (Å²) in [6.45, 7) is 2.02. The molecule has 2 rings (SSSR count). The second kappa shape index (κ2) is 10.9. The van der Waals surface area contributed by atoms with Gasteiger partial charge in [-0.05, 0) is 43.2 Å². The molecule has 1 aliphatic rings. The molecule has 0 amide bonds. The number of hydrogen-bond donors (Lipinski definition) is 2. The van der Waals surface area contributed by atoms with E-state index in [1.54, 1.807) is 14.2 Å². The minimum atomic E-state index is -0.507. The zero-order valence-corrected chi connectivity index (χ0v) is 17.2. The van der Waals surface area contributed by atoms with Gasteiger partial charge in [-0.2, -0.15) is 0 Å². The predicted octanol–water partition coefficient (Wildman–Crippen LogP) is 3.50. The molecule has 7 heteroatoms. The molecule has 0 atom stereocenters. The molecular formula is C18H28F2IN3O. The van der Waals surface area contributed by atoms with Crippen molar-refractivity contribution in [3.63, 3.8) is 0 Å². The quantitative estimate of drug-likeness (QED) is 0.350. The number of methoxy groups -OCH3 is 1. The minimum absolute atomic E-state index is 0. The Bertz CT molecular complexity index is 545. The molecule has 0 heterocycles. The van der Waals surface area contributed by atoms with Crippen molar-refractivity contribution in [3.05, 3.63) is 35.4 Å². The van der Waals surface area contributed by atoms with Crippen LogP contribution in [0.2, 0.25) is 0 Å². The number of rotatable bonds is 8. The second-order valence-corrected chi connectivity index (χ2v) is 6.40. The number of halogens is 3. The lowest BCUT2D eigenvalue weighted by Gasteiger charge is -2.42. The Balaban J connectivity index is 0.00000312. The minimum Gasteiger partial charge on any atom is -0.385 e. The van der Waals surface area contributed by atoms with Crippen LogP contribution in [0.1, 0.15) is 31.2 Å². The van der Waals surface area contributed by atoms with Crippen LogP contribution in [0, 0.1) is 17.0 Å². The lowest BCUT2D eigenvalue weighted by molar-refractivity contribution is 0.0732. The third-order valence-corrected chi connectivity index (χ3v) is 4.83. The molecule has 2 N–H and O–H groups in total. The molecule has 0 radical (unpaired) electrons. The van der Waals surface area contributed by atoms with Gasteiger partial charge in [-0.15, -0.1) is 24.0 Å². The van der Waals surface area contributed by atoms with E-state index in [-0.39, 0.29) is 41.4 Å². The highest BCUT2D eigenvalue weighted by Crippen LogP contribution is 2.43. The third-order valence-electron chi connectivity index (χ3n) is 4.83. The van der Waals surface area contributed by atoms with Gasteiger partial charge in [0.25, 0.3) is 0 Å². The Hall–Kier alpha value is -0.960. The molecule has 0 spiro atoms. The van der Waals surface area contributed by atoms with Gasteiger partial charge in [0.2, 0.25) is 0 Å². The number of nitrogens with one attached hydrogen (secondary N) is 2. The number of aliphatic imine (C=N–C) groups is 1. The number of guanidine groups is 1. The Labute approximate surface area is 165 Å². The molecule has 142 valence electrons. The molecule has 25 heavy (non-hydrogen) atoms. The average molecular weight is 467 g/mol. The molecule has 1 aromatic rings. The molecule has 0 saturated heterocycles. The summed E-state index contributed by atoms with van der Waals surface area (Å²) in [6, 6.07) is 3.93. The summed E-state index contributed by atoms with van der Waals surface area (Å²) < 4.78 is 32.4. The van der Waals surface area contributed by atoms with Crippen molar-refractivity contribution >= 4 is 29.9 Å². The number of benzene rings is 1. The van der Waals surface area contributed by atoms with E-state index in [9.17, 15) is 8.78 Å². The van der Waals surface area contributed by atoms with Gasteiger partial charge in [0.15, 0.2) is 5.96 Å². The van der Waals surface area contributed by atoms with Crippen LogP contribution >= 0.6 is 24.0 Å². The van der Waals surface area contributed by atoms with Crippen LogP contribution in [0.4, 0.5) is 8.78 Å². The van der Waals surface area contributed by atoms with Crippen molar-refractivity contribution in [1.29, 1.82) is 0 Å². The summed E-state index contributed by atoms with van der Waals surface area (Å²) in [6.07, 6.45) is 4.95. The molecule has 0 aliphatic heterocycles. The second-order valence-electron chi connectivity index (χ2n) is 6.40. The summed E-state index contributed by atoms with van der Waals surface area (Å²) in [5.41, 5.74) is 0.390. The van der Waals surface area contributed by atoms with Gasteiger partial charge in [-0.25, -0.2) is 8.78 Å². The topological polar surface area (TPSA) is 45.7 Å².